The molecule has 0 radical (unpaired) electrons. The standard InChI is InChI=1S/C21H28BrN5O3S/c1-30-14-13-27(21(29)23-17-5-3-2-4-6-17)12-11-18(28)24-20-26-25-19(31-20)15-7-9-16(22)10-8-15/h7-10,17H,2-6,11-14H2,1H3,(H,23,29)(H,24,26,28). The molecule has 1 saturated carbocycles. The molecule has 2 aromatic rings. The molecule has 0 spiro atoms. The van der Waals surface area contributed by atoms with E-state index in [4.69, 9.17) is 4.74 Å². The minimum Gasteiger partial charge on any atom is -0.383 e. The molecule has 1 aromatic carbocycles. The third-order valence-corrected chi connectivity index (χ3v) is 6.57. The van der Waals surface area contributed by atoms with Crippen molar-refractivity contribution >= 4 is 44.3 Å². The number of hydrogen-bond donors (Lipinski definition) is 2. The van der Waals surface area contributed by atoms with Gasteiger partial charge in [-0.3, -0.25) is 4.79 Å². The van der Waals surface area contributed by atoms with Gasteiger partial charge in [-0.15, -0.1) is 10.2 Å². The lowest BCUT2D eigenvalue weighted by Gasteiger charge is -2.28. The van der Waals surface area contributed by atoms with Crippen molar-refractivity contribution in [3.8, 4) is 10.6 Å². The molecule has 1 aromatic heterocycles. The zero-order valence-electron chi connectivity index (χ0n) is 17.6. The normalized spacial score (nSPS) is 14.3. The molecule has 0 saturated heterocycles. The predicted octanol–water partition coefficient (Wildman–Crippen LogP) is 4.29. The fourth-order valence-electron chi connectivity index (χ4n) is 3.43. The maximum Gasteiger partial charge on any atom is 0.317 e. The van der Waals surface area contributed by atoms with Gasteiger partial charge in [0.25, 0.3) is 0 Å². The number of nitrogens with one attached hydrogen (secondary N) is 2. The molecule has 1 aliphatic carbocycles. The molecule has 31 heavy (non-hydrogen) atoms. The van der Waals surface area contributed by atoms with Crippen molar-refractivity contribution in [2.24, 2.45) is 0 Å². The molecule has 10 heteroatoms. The fourth-order valence-corrected chi connectivity index (χ4v) is 4.46. The molecule has 1 heterocycles. The third kappa shape index (κ3) is 7.55. The Morgan fingerprint density at radius 1 is 1.16 bits per heavy atom. The average molecular weight is 510 g/mol. The summed E-state index contributed by atoms with van der Waals surface area (Å²) in [5.74, 6) is -0.202. The van der Waals surface area contributed by atoms with E-state index in [1.54, 1.807) is 12.0 Å². The topological polar surface area (TPSA) is 96.4 Å². The SMILES string of the molecule is COCCN(CCC(=O)Nc1nnc(-c2ccc(Br)cc2)s1)C(=O)NC1CCCCC1. The third-order valence-electron chi connectivity index (χ3n) is 5.16. The van der Waals surface area contributed by atoms with Gasteiger partial charge in [0.2, 0.25) is 11.0 Å². The number of hydrogen-bond acceptors (Lipinski definition) is 6. The Hall–Kier alpha value is -2.04. The van der Waals surface area contributed by atoms with Crippen LogP contribution < -0.4 is 10.6 Å². The molecule has 0 unspecified atom stereocenters. The average Bonchev–Trinajstić information content (AvgIpc) is 3.23. The summed E-state index contributed by atoms with van der Waals surface area (Å²) in [6.07, 6.45) is 5.74. The van der Waals surface area contributed by atoms with Crippen molar-refractivity contribution < 1.29 is 14.3 Å². The minimum absolute atomic E-state index is 0.134. The lowest BCUT2D eigenvalue weighted by Crippen LogP contribution is -2.47. The zero-order chi connectivity index (χ0) is 22.1. The highest BCUT2D eigenvalue weighted by Crippen LogP contribution is 2.27. The Kier molecular flexibility index (Phi) is 9.23. The van der Waals surface area contributed by atoms with Crippen LogP contribution in [0, 0.1) is 0 Å². The number of methoxy groups -OCH3 is 1. The van der Waals surface area contributed by atoms with Gasteiger partial charge in [0.05, 0.1) is 6.61 Å². The Morgan fingerprint density at radius 2 is 1.90 bits per heavy atom. The predicted molar refractivity (Wildman–Crippen MR) is 125 cm³/mol. The van der Waals surface area contributed by atoms with E-state index in [1.165, 1.54) is 17.8 Å². The van der Waals surface area contributed by atoms with Crippen LogP contribution in [0.25, 0.3) is 10.6 Å². The van der Waals surface area contributed by atoms with Gasteiger partial charge in [-0.1, -0.05) is 58.7 Å². The van der Waals surface area contributed by atoms with Crippen LogP contribution >= 0.6 is 27.3 Å². The van der Waals surface area contributed by atoms with Crippen molar-refractivity contribution in [3.05, 3.63) is 28.7 Å². The van der Waals surface area contributed by atoms with E-state index < -0.39 is 0 Å². The summed E-state index contributed by atoms with van der Waals surface area (Å²) in [6.45, 7) is 1.17. The van der Waals surface area contributed by atoms with E-state index in [0.29, 0.717) is 24.8 Å². The first kappa shape index (κ1) is 23.6. The number of aromatic nitrogens is 2. The second-order valence-corrected chi connectivity index (χ2v) is 9.37. The molecule has 0 atom stereocenters. The van der Waals surface area contributed by atoms with Crippen molar-refractivity contribution in [2.75, 3.05) is 32.1 Å². The van der Waals surface area contributed by atoms with Gasteiger partial charge >= 0.3 is 6.03 Å². The van der Waals surface area contributed by atoms with Crippen molar-refractivity contribution in [1.29, 1.82) is 0 Å². The molecule has 8 nitrogen and oxygen atoms in total. The van der Waals surface area contributed by atoms with Gasteiger partial charge < -0.3 is 20.3 Å². The molecule has 0 bridgehead atoms. The number of rotatable bonds is 9. The lowest BCUT2D eigenvalue weighted by atomic mass is 9.96. The van der Waals surface area contributed by atoms with Gasteiger partial charge in [0, 0.05) is 42.7 Å². The summed E-state index contributed by atoms with van der Waals surface area (Å²) in [4.78, 5) is 26.7. The summed E-state index contributed by atoms with van der Waals surface area (Å²) in [7, 11) is 1.60. The first-order valence-electron chi connectivity index (χ1n) is 10.5. The molecule has 1 aliphatic rings. The molecule has 0 aliphatic heterocycles. The number of nitrogens with zero attached hydrogens (tertiary/aromatic N) is 3. The number of benzene rings is 1. The second kappa shape index (κ2) is 12.1. The van der Waals surface area contributed by atoms with Crippen molar-refractivity contribution in [3.63, 3.8) is 0 Å². The van der Waals surface area contributed by atoms with E-state index >= 15 is 0 Å². The second-order valence-electron chi connectivity index (χ2n) is 7.48. The zero-order valence-corrected chi connectivity index (χ0v) is 20.0. The summed E-state index contributed by atoms with van der Waals surface area (Å²) in [6, 6.07) is 7.83. The Labute approximate surface area is 194 Å². The van der Waals surface area contributed by atoms with E-state index in [0.717, 1.165) is 40.7 Å². The van der Waals surface area contributed by atoms with Crippen LogP contribution in [-0.4, -0.2) is 59.9 Å². The number of anilines is 1. The van der Waals surface area contributed by atoms with Gasteiger partial charge in [-0.05, 0) is 25.0 Å². The molecule has 168 valence electrons. The number of ether oxygens (including phenoxy) is 1. The summed E-state index contributed by atoms with van der Waals surface area (Å²) in [5.41, 5.74) is 0.936. The molecule has 1 fully saturated rings. The maximum atomic E-state index is 12.7. The number of amides is 3. The van der Waals surface area contributed by atoms with Gasteiger partial charge in [0.1, 0.15) is 5.01 Å². The van der Waals surface area contributed by atoms with Gasteiger partial charge in [0.15, 0.2) is 0 Å². The first-order valence-corrected chi connectivity index (χ1v) is 12.1. The summed E-state index contributed by atoms with van der Waals surface area (Å²) >= 11 is 4.72. The number of halogens is 1. The molecule has 3 rings (SSSR count). The van der Waals surface area contributed by atoms with Crippen LogP contribution in [0.5, 0.6) is 0 Å². The van der Waals surface area contributed by atoms with E-state index in [2.05, 4.69) is 36.8 Å². The highest BCUT2D eigenvalue weighted by atomic mass is 79.9. The Bertz CT molecular complexity index is 855. The van der Waals surface area contributed by atoms with Crippen LogP contribution in [0.4, 0.5) is 9.93 Å². The number of urea groups is 1. The monoisotopic (exact) mass is 509 g/mol. The largest absolute Gasteiger partial charge is 0.383 e. The van der Waals surface area contributed by atoms with Crippen molar-refractivity contribution in [2.45, 2.75) is 44.6 Å². The maximum absolute atomic E-state index is 12.7. The first-order chi connectivity index (χ1) is 15.0. The van der Waals surface area contributed by atoms with Crippen molar-refractivity contribution in [1.82, 2.24) is 20.4 Å². The van der Waals surface area contributed by atoms with Crippen LogP contribution in [0.3, 0.4) is 0 Å². The van der Waals surface area contributed by atoms with E-state index in [9.17, 15) is 9.59 Å². The van der Waals surface area contributed by atoms with Crippen LogP contribution in [0.15, 0.2) is 28.7 Å². The van der Waals surface area contributed by atoms with Crippen LogP contribution in [0.2, 0.25) is 0 Å². The Morgan fingerprint density at radius 3 is 2.61 bits per heavy atom. The lowest BCUT2D eigenvalue weighted by molar-refractivity contribution is -0.116. The summed E-state index contributed by atoms with van der Waals surface area (Å²) in [5, 5.41) is 15.3. The quantitative estimate of drug-likeness (QED) is 0.525. The highest BCUT2D eigenvalue weighted by Gasteiger charge is 2.20. The van der Waals surface area contributed by atoms with Crippen LogP contribution in [-0.2, 0) is 9.53 Å². The van der Waals surface area contributed by atoms with E-state index in [-0.39, 0.29) is 24.4 Å². The highest BCUT2D eigenvalue weighted by molar-refractivity contribution is 9.10. The number of carbonyl (C=O) groups is 2. The van der Waals surface area contributed by atoms with E-state index in [1.807, 2.05) is 24.3 Å². The van der Waals surface area contributed by atoms with Gasteiger partial charge in [-0.2, -0.15) is 0 Å². The smallest absolute Gasteiger partial charge is 0.317 e. The molecule has 3 amide bonds. The molecule has 2 N–H and O–H groups in total. The minimum atomic E-state index is -0.202. The molecular formula is C21H28BrN5O3S. The van der Waals surface area contributed by atoms with Crippen LogP contribution in [0.1, 0.15) is 38.5 Å². The summed E-state index contributed by atoms with van der Waals surface area (Å²) < 4.78 is 6.11. The Balaban J connectivity index is 1.50. The fraction of sp³-hybridized carbons (Fsp3) is 0.524. The molecular weight excluding hydrogens is 482 g/mol. The van der Waals surface area contributed by atoms with Gasteiger partial charge in [-0.25, -0.2) is 4.79 Å². The number of carbonyl (C=O) groups excluding carboxylic acids is 2.